The second-order valence-corrected chi connectivity index (χ2v) is 9.00. The summed E-state index contributed by atoms with van der Waals surface area (Å²) in [5.41, 5.74) is 1.58. The number of benzene rings is 2. The monoisotopic (exact) mass is 420 g/mol. The smallest absolute Gasteiger partial charge is 0.254 e. The molecule has 0 bridgehead atoms. The molecule has 1 aliphatic heterocycles. The molecule has 156 valence electrons. The van der Waals surface area contributed by atoms with E-state index in [2.05, 4.69) is 4.72 Å². The topological polar surface area (TPSA) is 127 Å². The van der Waals surface area contributed by atoms with Crippen molar-refractivity contribution in [1.29, 1.82) is 0 Å². The van der Waals surface area contributed by atoms with Gasteiger partial charge in [0.15, 0.2) is 17.2 Å². The lowest BCUT2D eigenvalue weighted by Gasteiger charge is -2.32. The third-order valence-electron chi connectivity index (χ3n) is 5.05. The van der Waals surface area contributed by atoms with E-state index in [9.17, 15) is 28.5 Å². The van der Waals surface area contributed by atoms with Gasteiger partial charge in [0.05, 0.1) is 4.90 Å². The van der Waals surface area contributed by atoms with Crippen LogP contribution in [0.3, 0.4) is 0 Å². The van der Waals surface area contributed by atoms with Gasteiger partial charge >= 0.3 is 0 Å². The van der Waals surface area contributed by atoms with Gasteiger partial charge in [0.25, 0.3) is 5.91 Å². The quantitative estimate of drug-likeness (QED) is 0.561. The van der Waals surface area contributed by atoms with Crippen LogP contribution in [0.2, 0.25) is 0 Å². The number of likely N-dealkylation sites (tertiary alicyclic amines) is 1. The minimum atomic E-state index is -3.67. The van der Waals surface area contributed by atoms with Crippen LogP contribution in [0.5, 0.6) is 17.2 Å². The molecule has 1 aliphatic rings. The maximum Gasteiger partial charge on any atom is 0.254 e. The van der Waals surface area contributed by atoms with Gasteiger partial charge in [0, 0.05) is 24.7 Å². The molecular formula is C20H24N2O6S. The standard InChI is InChI=1S/C20H24N2O6S/c1-12-3-4-13(2)18(9-12)29(27,28)21-15-5-7-22(8-6-15)20(26)14-10-16(23)19(25)17(24)11-14/h3-4,9-11,15,21,23-25H,5-8H2,1-2H3. The van der Waals surface area contributed by atoms with E-state index in [4.69, 9.17) is 0 Å². The molecular weight excluding hydrogens is 396 g/mol. The summed E-state index contributed by atoms with van der Waals surface area (Å²) in [5, 5.41) is 28.6. The van der Waals surface area contributed by atoms with Crippen molar-refractivity contribution < 1.29 is 28.5 Å². The van der Waals surface area contributed by atoms with Crippen LogP contribution in [0.15, 0.2) is 35.2 Å². The van der Waals surface area contributed by atoms with Crippen LogP contribution in [-0.2, 0) is 10.0 Å². The first-order valence-corrected chi connectivity index (χ1v) is 10.7. The average molecular weight is 420 g/mol. The molecule has 0 atom stereocenters. The Morgan fingerprint density at radius 1 is 1.03 bits per heavy atom. The SMILES string of the molecule is Cc1ccc(C)c(S(=O)(=O)NC2CCN(C(=O)c3cc(O)c(O)c(O)c3)CC2)c1. The van der Waals surface area contributed by atoms with E-state index >= 15 is 0 Å². The molecule has 0 aromatic heterocycles. The van der Waals surface area contributed by atoms with E-state index in [-0.39, 0.29) is 16.5 Å². The minimum Gasteiger partial charge on any atom is -0.504 e. The van der Waals surface area contributed by atoms with Gasteiger partial charge in [-0.15, -0.1) is 0 Å². The molecule has 0 aliphatic carbocycles. The van der Waals surface area contributed by atoms with Crippen molar-refractivity contribution in [3.05, 3.63) is 47.0 Å². The molecule has 2 aromatic rings. The lowest BCUT2D eigenvalue weighted by molar-refractivity contribution is 0.0710. The Hall–Kier alpha value is -2.78. The van der Waals surface area contributed by atoms with E-state index in [1.165, 1.54) is 4.90 Å². The summed E-state index contributed by atoms with van der Waals surface area (Å²) >= 11 is 0. The number of rotatable bonds is 4. The van der Waals surface area contributed by atoms with E-state index in [1.807, 2.05) is 13.0 Å². The molecule has 9 heteroatoms. The highest BCUT2D eigenvalue weighted by atomic mass is 32.2. The maximum atomic E-state index is 12.7. The molecule has 1 saturated heterocycles. The van der Waals surface area contributed by atoms with Gasteiger partial charge in [-0.25, -0.2) is 13.1 Å². The number of amides is 1. The van der Waals surface area contributed by atoms with Crippen LogP contribution in [0.25, 0.3) is 0 Å². The minimum absolute atomic E-state index is 0.0483. The largest absolute Gasteiger partial charge is 0.504 e. The molecule has 0 saturated carbocycles. The number of nitrogens with zero attached hydrogens (tertiary/aromatic N) is 1. The predicted molar refractivity (Wildman–Crippen MR) is 107 cm³/mol. The molecule has 8 nitrogen and oxygen atoms in total. The van der Waals surface area contributed by atoms with Crippen LogP contribution < -0.4 is 4.72 Å². The highest BCUT2D eigenvalue weighted by molar-refractivity contribution is 7.89. The molecule has 0 unspecified atom stereocenters. The van der Waals surface area contributed by atoms with Crippen molar-refractivity contribution >= 4 is 15.9 Å². The van der Waals surface area contributed by atoms with E-state index < -0.39 is 33.2 Å². The first-order chi connectivity index (χ1) is 13.6. The zero-order chi connectivity index (χ0) is 21.3. The number of piperidine rings is 1. The molecule has 1 amide bonds. The number of aromatic hydroxyl groups is 3. The molecule has 4 N–H and O–H groups in total. The summed E-state index contributed by atoms with van der Waals surface area (Å²) in [6.07, 6.45) is 0.873. The summed E-state index contributed by atoms with van der Waals surface area (Å²) in [5.74, 6) is -2.25. The second kappa shape index (κ2) is 7.92. The number of carbonyl (C=O) groups is 1. The van der Waals surface area contributed by atoms with Gasteiger partial charge in [-0.2, -0.15) is 0 Å². The maximum absolute atomic E-state index is 12.7. The van der Waals surface area contributed by atoms with Gasteiger partial charge in [-0.3, -0.25) is 4.79 Å². The van der Waals surface area contributed by atoms with Crippen molar-refractivity contribution in [3.63, 3.8) is 0 Å². The van der Waals surface area contributed by atoms with Gasteiger partial charge < -0.3 is 20.2 Å². The highest BCUT2D eigenvalue weighted by Gasteiger charge is 2.28. The first-order valence-electron chi connectivity index (χ1n) is 9.22. The van der Waals surface area contributed by atoms with Crippen molar-refractivity contribution in [2.24, 2.45) is 0 Å². The number of hydrogen-bond acceptors (Lipinski definition) is 6. The fourth-order valence-corrected chi connectivity index (χ4v) is 5.02. The molecule has 1 fully saturated rings. The summed E-state index contributed by atoms with van der Waals surface area (Å²) in [6.45, 7) is 4.22. The van der Waals surface area contributed by atoms with Crippen molar-refractivity contribution in [1.82, 2.24) is 9.62 Å². The number of sulfonamides is 1. The fourth-order valence-electron chi connectivity index (χ4n) is 3.39. The van der Waals surface area contributed by atoms with Crippen molar-refractivity contribution in [2.45, 2.75) is 37.6 Å². The number of phenols is 3. The zero-order valence-electron chi connectivity index (χ0n) is 16.2. The number of hydrogen-bond donors (Lipinski definition) is 4. The Morgan fingerprint density at radius 3 is 2.21 bits per heavy atom. The van der Waals surface area contributed by atoms with Crippen LogP contribution in [-0.4, -0.2) is 53.7 Å². The fraction of sp³-hybridized carbons (Fsp3) is 0.350. The van der Waals surface area contributed by atoms with Crippen LogP contribution in [0, 0.1) is 13.8 Å². The van der Waals surface area contributed by atoms with Crippen LogP contribution >= 0.6 is 0 Å². The Bertz CT molecular complexity index is 1020. The third-order valence-corrected chi connectivity index (χ3v) is 6.72. The molecule has 0 spiro atoms. The molecule has 29 heavy (non-hydrogen) atoms. The van der Waals surface area contributed by atoms with Crippen molar-refractivity contribution in [2.75, 3.05) is 13.1 Å². The number of aryl methyl sites for hydroxylation is 2. The third kappa shape index (κ3) is 4.46. The Balaban J connectivity index is 1.66. The molecule has 3 rings (SSSR count). The van der Waals surface area contributed by atoms with Crippen LogP contribution in [0.4, 0.5) is 0 Å². The lowest BCUT2D eigenvalue weighted by atomic mass is 10.0. The molecule has 2 aromatic carbocycles. The van der Waals surface area contributed by atoms with E-state index in [0.717, 1.165) is 17.7 Å². The van der Waals surface area contributed by atoms with Gasteiger partial charge in [-0.05, 0) is 56.0 Å². The van der Waals surface area contributed by atoms with Crippen molar-refractivity contribution in [3.8, 4) is 17.2 Å². The predicted octanol–water partition coefficient (Wildman–Crippen LogP) is 2.00. The zero-order valence-corrected chi connectivity index (χ0v) is 17.0. The number of carbonyl (C=O) groups excluding carboxylic acids is 1. The average Bonchev–Trinajstić information content (AvgIpc) is 2.67. The summed E-state index contributed by atoms with van der Waals surface area (Å²) < 4.78 is 28.2. The highest BCUT2D eigenvalue weighted by Crippen LogP contribution is 2.35. The summed E-state index contributed by atoms with van der Waals surface area (Å²) in [4.78, 5) is 14.4. The van der Waals surface area contributed by atoms with E-state index in [1.54, 1.807) is 19.1 Å². The van der Waals surface area contributed by atoms with E-state index in [0.29, 0.717) is 31.5 Å². The number of phenolic OH excluding ortho intramolecular Hbond substituents is 3. The van der Waals surface area contributed by atoms with Gasteiger partial charge in [0.2, 0.25) is 10.0 Å². The van der Waals surface area contributed by atoms with Gasteiger partial charge in [-0.1, -0.05) is 12.1 Å². The summed E-state index contributed by atoms with van der Waals surface area (Å²) in [7, 11) is -3.67. The Labute approximate surface area is 169 Å². The lowest BCUT2D eigenvalue weighted by Crippen LogP contribution is -2.46. The normalized spacial score (nSPS) is 15.4. The Morgan fingerprint density at radius 2 is 1.62 bits per heavy atom. The number of nitrogens with one attached hydrogen (secondary N) is 1. The first kappa shape index (κ1) is 20.9. The van der Waals surface area contributed by atoms with Gasteiger partial charge in [0.1, 0.15) is 0 Å². The second-order valence-electron chi connectivity index (χ2n) is 7.32. The molecule has 0 radical (unpaired) electrons. The molecule has 1 heterocycles. The van der Waals surface area contributed by atoms with Crippen LogP contribution in [0.1, 0.15) is 34.3 Å². The Kier molecular flexibility index (Phi) is 5.72. The summed E-state index contributed by atoms with van der Waals surface area (Å²) in [6, 6.07) is 7.15.